The molecule has 0 saturated carbocycles. The van der Waals surface area contributed by atoms with Crippen LogP contribution in [0.5, 0.6) is 11.5 Å². The van der Waals surface area contributed by atoms with Crippen LogP contribution < -0.4 is 14.8 Å². The van der Waals surface area contributed by atoms with E-state index in [-0.39, 0.29) is 24.4 Å². The Morgan fingerprint density at radius 3 is 2.23 bits per heavy atom. The first-order valence-electron chi connectivity index (χ1n) is 11.6. The third-order valence-electron chi connectivity index (χ3n) is 5.70. The van der Waals surface area contributed by atoms with Crippen molar-refractivity contribution >= 4 is 5.91 Å². The van der Waals surface area contributed by atoms with Gasteiger partial charge in [-0.15, -0.1) is 0 Å². The first kappa shape index (κ1) is 24.0. The molecule has 4 rings (SSSR count). The molecule has 0 spiro atoms. The van der Waals surface area contributed by atoms with Gasteiger partial charge in [-0.05, 0) is 73.0 Å². The lowest BCUT2D eigenvalue weighted by Gasteiger charge is -2.16. The van der Waals surface area contributed by atoms with Crippen LogP contribution >= 0.6 is 0 Å². The zero-order chi connectivity index (χ0) is 24.6. The molecule has 35 heavy (non-hydrogen) atoms. The molecule has 0 fully saturated rings. The number of nitrogens with one attached hydrogen (secondary N) is 1. The minimum atomic E-state index is -0.307. The summed E-state index contributed by atoms with van der Waals surface area (Å²) >= 11 is 0. The fraction of sp³-hybridized carbons (Fsp3) is 0.167. The molecule has 4 nitrogen and oxygen atoms in total. The van der Waals surface area contributed by atoms with Gasteiger partial charge in [0, 0.05) is 11.1 Å². The quantitative estimate of drug-likeness (QED) is 0.288. The third kappa shape index (κ3) is 6.27. The highest BCUT2D eigenvalue weighted by atomic mass is 19.1. The Morgan fingerprint density at radius 1 is 0.857 bits per heavy atom. The first-order valence-corrected chi connectivity index (χ1v) is 11.6. The molecule has 5 heteroatoms. The summed E-state index contributed by atoms with van der Waals surface area (Å²) < 4.78 is 25.0. The van der Waals surface area contributed by atoms with Gasteiger partial charge < -0.3 is 14.8 Å². The highest BCUT2D eigenvalue weighted by Gasteiger charge is 2.15. The van der Waals surface area contributed by atoms with Crippen LogP contribution in [0.4, 0.5) is 4.39 Å². The molecule has 0 aliphatic heterocycles. The second kappa shape index (κ2) is 11.3. The van der Waals surface area contributed by atoms with Gasteiger partial charge in [0.05, 0.1) is 12.6 Å². The minimum Gasteiger partial charge on any atom is -0.493 e. The van der Waals surface area contributed by atoms with Crippen LogP contribution in [0.2, 0.25) is 0 Å². The molecule has 0 bridgehead atoms. The molecular weight excluding hydrogens is 441 g/mol. The van der Waals surface area contributed by atoms with Gasteiger partial charge in [-0.2, -0.15) is 0 Å². The second-order valence-corrected chi connectivity index (χ2v) is 8.18. The van der Waals surface area contributed by atoms with Crippen LogP contribution in [0.1, 0.15) is 41.4 Å². The molecule has 0 aliphatic rings. The number of halogens is 1. The Bertz CT molecular complexity index is 1260. The smallest absolute Gasteiger partial charge is 0.251 e. The van der Waals surface area contributed by atoms with Crippen LogP contribution in [-0.4, -0.2) is 12.5 Å². The van der Waals surface area contributed by atoms with E-state index >= 15 is 0 Å². The van der Waals surface area contributed by atoms with Crippen molar-refractivity contribution in [1.82, 2.24) is 5.32 Å². The largest absolute Gasteiger partial charge is 0.493 e. The number of carbonyl (C=O) groups excluding carboxylic acids is 1. The summed E-state index contributed by atoms with van der Waals surface area (Å²) in [6.45, 7) is 4.54. The topological polar surface area (TPSA) is 47.6 Å². The van der Waals surface area contributed by atoms with E-state index in [2.05, 4.69) is 17.4 Å². The fourth-order valence-electron chi connectivity index (χ4n) is 3.78. The summed E-state index contributed by atoms with van der Waals surface area (Å²) in [6.07, 6.45) is 0. The summed E-state index contributed by atoms with van der Waals surface area (Å²) in [5.41, 5.74) is 4.36. The molecule has 0 unspecified atom stereocenters. The number of benzene rings is 4. The number of carbonyl (C=O) groups is 1. The molecule has 1 atom stereocenters. The minimum absolute atomic E-state index is 0.224. The Morgan fingerprint density at radius 2 is 1.54 bits per heavy atom. The summed E-state index contributed by atoms with van der Waals surface area (Å²) in [6, 6.07) is 29.2. The molecule has 0 saturated heterocycles. The van der Waals surface area contributed by atoms with Crippen molar-refractivity contribution in [2.45, 2.75) is 26.5 Å². The Balaban J connectivity index is 1.45. The molecule has 4 aromatic rings. The van der Waals surface area contributed by atoms with E-state index in [1.54, 1.807) is 30.3 Å². The van der Waals surface area contributed by atoms with E-state index < -0.39 is 0 Å². The van der Waals surface area contributed by atoms with Gasteiger partial charge in [0.15, 0.2) is 0 Å². The van der Waals surface area contributed by atoms with E-state index in [0.29, 0.717) is 17.9 Å². The lowest BCUT2D eigenvalue weighted by Crippen LogP contribution is -2.26. The summed E-state index contributed by atoms with van der Waals surface area (Å²) in [4.78, 5) is 12.9. The van der Waals surface area contributed by atoms with Crippen molar-refractivity contribution < 1.29 is 18.7 Å². The van der Waals surface area contributed by atoms with Crippen molar-refractivity contribution in [2.24, 2.45) is 0 Å². The highest BCUT2D eigenvalue weighted by molar-refractivity contribution is 5.94. The Hall–Kier alpha value is -4.12. The van der Waals surface area contributed by atoms with Crippen molar-refractivity contribution in [3.8, 4) is 22.6 Å². The number of hydrogen-bond donors (Lipinski definition) is 1. The maximum atomic E-state index is 13.2. The zero-order valence-corrected chi connectivity index (χ0v) is 19.8. The van der Waals surface area contributed by atoms with Crippen LogP contribution in [0.3, 0.4) is 0 Å². The molecular formula is C30H28FNO3. The van der Waals surface area contributed by atoms with Crippen LogP contribution in [0.25, 0.3) is 11.1 Å². The third-order valence-corrected chi connectivity index (χ3v) is 5.70. The van der Waals surface area contributed by atoms with Crippen LogP contribution in [0.15, 0.2) is 97.1 Å². The zero-order valence-electron chi connectivity index (χ0n) is 19.8. The summed E-state index contributed by atoms with van der Waals surface area (Å²) in [5.74, 6) is 0.875. The SMILES string of the molecule is CCOc1ccc(C(=O)N[C@@H](C)c2ccc(F)cc2)cc1COc1ccc(-c2ccccc2)cc1. The predicted octanol–water partition coefficient (Wildman–Crippen LogP) is 6.96. The van der Waals surface area contributed by atoms with Crippen molar-refractivity contribution in [2.75, 3.05) is 6.61 Å². The molecule has 178 valence electrons. The maximum Gasteiger partial charge on any atom is 0.251 e. The number of amides is 1. The van der Waals surface area contributed by atoms with Crippen molar-refractivity contribution in [3.05, 3.63) is 120 Å². The molecule has 4 aromatic carbocycles. The standard InChI is InChI=1S/C30H28FNO3/c1-3-34-29-18-13-25(30(33)32-21(2)22-9-14-27(31)15-10-22)19-26(29)20-35-28-16-11-24(12-17-28)23-7-5-4-6-8-23/h4-19,21H,3,20H2,1-2H3,(H,32,33)/t21-/m0/s1. The van der Waals surface area contributed by atoms with E-state index in [1.165, 1.54) is 12.1 Å². The highest BCUT2D eigenvalue weighted by Crippen LogP contribution is 2.26. The molecule has 0 heterocycles. The lowest BCUT2D eigenvalue weighted by molar-refractivity contribution is 0.0939. The number of ether oxygens (including phenoxy) is 2. The molecule has 1 N–H and O–H groups in total. The van der Waals surface area contributed by atoms with Gasteiger partial charge in [-0.3, -0.25) is 4.79 Å². The van der Waals surface area contributed by atoms with Gasteiger partial charge in [-0.25, -0.2) is 4.39 Å². The number of hydrogen-bond acceptors (Lipinski definition) is 3. The van der Waals surface area contributed by atoms with Gasteiger partial charge in [0.25, 0.3) is 5.91 Å². The maximum absolute atomic E-state index is 13.2. The molecule has 0 radical (unpaired) electrons. The normalized spacial score (nSPS) is 11.5. The van der Waals surface area contributed by atoms with E-state index in [1.807, 2.05) is 56.3 Å². The molecule has 1 amide bonds. The average Bonchev–Trinajstić information content (AvgIpc) is 2.89. The monoisotopic (exact) mass is 469 g/mol. The van der Waals surface area contributed by atoms with E-state index in [4.69, 9.17) is 9.47 Å². The number of rotatable bonds is 9. The van der Waals surface area contributed by atoms with Gasteiger partial charge in [0.1, 0.15) is 23.9 Å². The lowest BCUT2D eigenvalue weighted by atomic mass is 10.1. The Labute approximate surface area is 205 Å². The first-order chi connectivity index (χ1) is 17.0. The Kier molecular flexibility index (Phi) is 7.78. The van der Waals surface area contributed by atoms with Crippen LogP contribution in [-0.2, 0) is 6.61 Å². The molecule has 0 aromatic heterocycles. The predicted molar refractivity (Wildman–Crippen MR) is 136 cm³/mol. The summed E-state index contributed by atoms with van der Waals surface area (Å²) in [7, 11) is 0. The van der Waals surface area contributed by atoms with Crippen LogP contribution in [0, 0.1) is 5.82 Å². The van der Waals surface area contributed by atoms with E-state index in [9.17, 15) is 9.18 Å². The van der Waals surface area contributed by atoms with Crippen molar-refractivity contribution in [1.29, 1.82) is 0 Å². The van der Waals surface area contributed by atoms with E-state index in [0.717, 1.165) is 28.0 Å². The van der Waals surface area contributed by atoms with Gasteiger partial charge >= 0.3 is 0 Å². The fourth-order valence-corrected chi connectivity index (χ4v) is 3.78. The van der Waals surface area contributed by atoms with Gasteiger partial charge in [-0.1, -0.05) is 54.6 Å². The van der Waals surface area contributed by atoms with Gasteiger partial charge in [0.2, 0.25) is 0 Å². The molecule has 0 aliphatic carbocycles. The van der Waals surface area contributed by atoms with Crippen molar-refractivity contribution in [3.63, 3.8) is 0 Å². The average molecular weight is 470 g/mol. The second-order valence-electron chi connectivity index (χ2n) is 8.18. The summed E-state index contributed by atoms with van der Waals surface area (Å²) in [5, 5.41) is 2.96.